The highest BCUT2D eigenvalue weighted by molar-refractivity contribution is 5.88. The number of H-pyrrole nitrogens is 2. The second-order valence-corrected chi connectivity index (χ2v) is 6.38. The molecule has 2 heterocycles. The van der Waals surface area contributed by atoms with Crippen molar-refractivity contribution in [1.82, 2.24) is 20.2 Å². The molecule has 2 aromatic rings. The van der Waals surface area contributed by atoms with Crippen LogP contribution in [-0.2, 0) is 4.79 Å². The van der Waals surface area contributed by atoms with Crippen LogP contribution in [0.5, 0.6) is 0 Å². The van der Waals surface area contributed by atoms with Gasteiger partial charge in [0.15, 0.2) is 0 Å². The van der Waals surface area contributed by atoms with Gasteiger partial charge < -0.3 is 20.2 Å². The number of carbonyl (C=O) groups excluding carboxylic acids is 1. The zero-order valence-corrected chi connectivity index (χ0v) is 13.0. The predicted molar refractivity (Wildman–Crippen MR) is 88.7 cm³/mol. The van der Waals surface area contributed by atoms with Crippen LogP contribution in [-0.4, -0.2) is 59.5 Å². The fraction of sp³-hybridized carbons (Fsp3) is 0.500. The normalized spacial score (nSPS) is 19.2. The van der Waals surface area contributed by atoms with Crippen LogP contribution in [0.4, 0.5) is 5.69 Å². The minimum atomic E-state index is -0.178. The molecule has 0 spiro atoms. The summed E-state index contributed by atoms with van der Waals surface area (Å²) >= 11 is 0. The van der Waals surface area contributed by atoms with Gasteiger partial charge in [-0.1, -0.05) is 6.07 Å². The Morgan fingerprint density at radius 2 is 1.96 bits per heavy atom. The summed E-state index contributed by atoms with van der Waals surface area (Å²) in [5.41, 5.74) is 2.56. The second-order valence-electron chi connectivity index (χ2n) is 6.38. The molecule has 1 saturated carbocycles. The van der Waals surface area contributed by atoms with E-state index < -0.39 is 0 Å². The number of hydrogen-bond acceptors (Lipinski definition) is 4. The van der Waals surface area contributed by atoms with E-state index in [1.54, 1.807) is 0 Å². The molecule has 1 aromatic heterocycles. The molecule has 0 radical (unpaired) electrons. The third-order valence-corrected chi connectivity index (χ3v) is 4.55. The van der Waals surface area contributed by atoms with Gasteiger partial charge in [0.05, 0.1) is 23.3 Å². The number of aromatic nitrogens is 2. The lowest BCUT2D eigenvalue weighted by atomic mass is 10.2. The number of nitrogens with one attached hydrogen (secondary N) is 3. The number of imidazole rings is 1. The fourth-order valence-electron chi connectivity index (χ4n) is 3.16. The lowest BCUT2D eigenvalue weighted by Gasteiger charge is -2.35. The highest BCUT2D eigenvalue weighted by atomic mass is 16.2. The number of amides is 1. The summed E-state index contributed by atoms with van der Waals surface area (Å²) in [5, 5.41) is 3.03. The van der Waals surface area contributed by atoms with Crippen molar-refractivity contribution in [3.05, 3.63) is 28.7 Å². The Kier molecular flexibility index (Phi) is 3.57. The molecule has 4 rings (SSSR count). The van der Waals surface area contributed by atoms with Crippen molar-refractivity contribution in [2.24, 2.45) is 0 Å². The fourth-order valence-corrected chi connectivity index (χ4v) is 3.16. The maximum atomic E-state index is 11.9. The van der Waals surface area contributed by atoms with Crippen molar-refractivity contribution in [3.8, 4) is 0 Å². The van der Waals surface area contributed by atoms with Crippen LogP contribution >= 0.6 is 0 Å². The van der Waals surface area contributed by atoms with E-state index in [1.807, 2.05) is 18.2 Å². The van der Waals surface area contributed by atoms with Crippen LogP contribution in [0.15, 0.2) is 23.0 Å². The number of aromatic amines is 2. The minimum Gasteiger partial charge on any atom is -0.367 e. The number of carbonyl (C=O) groups is 1. The highest BCUT2D eigenvalue weighted by Gasteiger charge is 2.25. The lowest BCUT2D eigenvalue weighted by Crippen LogP contribution is -2.49. The zero-order chi connectivity index (χ0) is 15.8. The summed E-state index contributed by atoms with van der Waals surface area (Å²) in [6.07, 6.45) is 2.25. The van der Waals surface area contributed by atoms with E-state index in [0.717, 1.165) is 55.7 Å². The third kappa shape index (κ3) is 3.10. The molecule has 1 aliphatic heterocycles. The number of para-hydroxylation sites is 1. The van der Waals surface area contributed by atoms with E-state index in [0.29, 0.717) is 12.6 Å². The van der Waals surface area contributed by atoms with Gasteiger partial charge in [0.25, 0.3) is 0 Å². The monoisotopic (exact) mass is 315 g/mol. The van der Waals surface area contributed by atoms with Crippen LogP contribution in [0, 0.1) is 0 Å². The Hall–Kier alpha value is -2.28. The van der Waals surface area contributed by atoms with E-state index >= 15 is 0 Å². The topological polar surface area (TPSA) is 84.2 Å². The van der Waals surface area contributed by atoms with Crippen LogP contribution in [0.25, 0.3) is 11.0 Å². The molecule has 1 amide bonds. The van der Waals surface area contributed by atoms with Gasteiger partial charge in [0.1, 0.15) is 0 Å². The Morgan fingerprint density at radius 3 is 2.70 bits per heavy atom. The molecule has 3 N–H and O–H groups in total. The lowest BCUT2D eigenvalue weighted by molar-refractivity contribution is -0.122. The SMILES string of the molecule is O=C(CN1CCN(c2cccc3[nH]c(=O)[nH]c23)CC1)NC1CC1. The number of rotatable bonds is 4. The van der Waals surface area contributed by atoms with Crippen molar-refractivity contribution >= 4 is 22.6 Å². The molecule has 7 heteroatoms. The van der Waals surface area contributed by atoms with Gasteiger partial charge in [-0.2, -0.15) is 0 Å². The predicted octanol–water partition coefficient (Wildman–Crippen LogP) is 0.257. The van der Waals surface area contributed by atoms with Crippen LogP contribution < -0.4 is 15.9 Å². The van der Waals surface area contributed by atoms with Crippen LogP contribution in [0.1, 0.15) is 12.8 Å². The first kappa shape index (κ1) is 14.3. The average molecular weight is 315 g/mol. The van der Waals surface area contributed by atoms with Crippen molar-refractivity contribution < 1.29 is 4.79 Å². The first-order valence-electron chi connectivity index (χ1n) is 8.17. The molecular formula is C16H21N5O2. The quantitative estimate of drug-likeness (QED) is 0.755. The molecule has 1 saturated heterocycles. The second kappa shape index (κ2) is 5.73. The van der Waals surface area contributed by atoms with Gasteiger partial charge in [-0.15, -0.1) is 0 Å². The maximum absolute atomic E-state index is 11.9. The Balaban J connectivity index is 1.40. The number of benzene rings is 1. The van der Waals surface area contributed by atoms with Gasteiger partial charge in [0.2, 0.25) is 5.91 Å². The van der Waals surface area contributed by atoms with Crippen LogP contribution in [0.3, 0.4) is 0 Å². The number of anilines is 1. The largest absolute Gasteiger partial charge is 0.367 e. The van der Waals surface area contributed by atoms with Gasteiger partial charge in [-0.25, -0.2) is 4.79 Å². The van der Waals surface area contributed by atoms with Crippen molar-refractivity contribution in [3.63, 3.8) is 0 Å². The first-order chi connectivity index (χ1) is 11.2. The van der Waals surface area contributed by atoms with E-state index in [2.05, 4.69) is 25.1 Å². The number of nitrogens with zero attached hydrogens (tertiary/aromatic N) is 2. The van der Waals surface area contributed by atoms with Gasteiger partial charge >= 0.3 is 5.69 Å². The van der Waals surface area contributed by atoms with E-state index in [-0.39, 0.29) is 11.6 Å². The molecule has 2 fully saturated rings. The summed E-state index contributed by atoms with van der Waals surface area (Å²) in [4.78, 5) is 33.5. The Labute approximate surface area is 133 Å². The maximum Gasteiger partial charge on any atom is 0.323 e. The van der Waals surface area contributed by atoms with Crippen molar-refractivity contribution in [2.75, 3.05) is 37.6 Å². The molecule has 7 nitrogen and oxygen atoms in total. The number of fused-ring (bicyclic) bond motifs is 1. The molecule has 23 heavy (non-hydrogen) atoms. The van der Waals surface area contributed by atoms with Gasteiger partial charge in [-0.3, -0.25) is 9.69 Å². The summed E-state index contributed by atoms with van der Waals surface area (Å²) in [7, 11) is 0. The minimum absolute atomic E-state index is 0.137. The van der Waals surface area contributed by atoms with E-state index in [4.69, 9.17) is 0 Å². The van der Waals surface area contributed by atoms with Crippen molar-refractivity contribution in [1.29, 1.82) is 0 Å². The Bertz CT molecular complexity index is 768. The van der Waals surface area contributed by atoms with Gasteiger partial charge in [-0.05, 0) is 25.0 Å². The zero-order valence-electron chi connectivity index (χ0n) is 13.0. The van der Waals surface area contributed by atoms with E-state index in [1.165, 1.54) is 0 Å². The first-order valence-corrected chi connectivity index (χ1v) is 8.17. The summed E-state index contributed by atoms with van der Waals surface area (Å²) in [6.45, 7) is 3.88. The van der Waals surface area contributed by atoms with Crippen LogP contribution in [0.2, 0.25) is 0 Å². The smallest absolute Gasteiger partial charge is 0.323 e. The molecule has 0 bridgehead atoms. The summed E-state index contributed by atoms with van der Waals surface area (Å²) in [6, 6.07) is 6.31. The molecular weight excluding hydrogens is 294 g/mol. The highest BCUT2D eigenvalue weighted by Crippen LogP contribution is 2.24. The van der Waals surface area contributed by atoms with Crippen molar-refractivity contribution in [2.45, 2.75) is 18.9 Å². The van der Waals surface area contributed by atoms with E-state index in [9.17, 15) is 9.59 Å². The Morgan fingerprint density at radius 1 is 1.17 bits per heavy atom. The number of piperazine rings is 1. The molecule has 122 valence electrons. The number of hydrogen-bond donors (Lipinski definition) is 3. The summed E-state index contributed by atoms with van der Waals surface area (Å²) in [5.74, 6) is 0.137. The molecule has 0 atom stereocenters. The molecule has 1 aromatic carbocycles. The third-order valence-electron chi connectivity index (χ3n) is 4.55. The summed E-state index contributed by atoms with van der Waals surface area (Å²) < 4.78 is 0. The van der Waals surface area contributed by atoms with Gasteiger partial charge in [0, 0.05) is 32.2 Å². The standard InChI is InChI=1S/C16H21N5O2/c22-14(17-11-4-5-11)10-20-6-8-21(9-7-20)13-3-1-2-12-15(13)19-16(23)18-12/h1-3,11H,4-10H2,(H,17,22)(H2,18,19,23). The average Bonchev–Trinajstić information content (AvgIpc) is 3.25. The molecule has 0 unspecified atom stereocenters. The molecule has 2 aliphatic rings. The molecule has 1 aliphatic carbocycles.